The molecule has 13 nitrogen and oxygen atoms in total. The molecular weight excluding hydrogens is 884 g/mol. The van der Waals surface area contributed by atoms with Crippen LogP contribution in [0.3, 0.4) is 0 Å². The van der Waals surface area contributed by atoms with Gasteiger partial charge in [0.25, 0.3) is 0 Å². The van der Waals surface area contributed by atoms with Crippen LogP contribution in [0.4, 0.5) is 13.2 Å². The number of carbonyl (C=O) groups excluding carboxylic acids is 3. The maximum atomic E-state index is 13.8. The molecule has 0 unspecified atom stereocenters. The molecule has 0 radical (unpaired) electrons. The summed E-state index contributed by atoms with van der Waals surface area (Å²) in [7, 11) is 0. The molecule has 1 fully saturated rings. The molecule has 0 saturated carbocycles. The van der Waals surface area contributed by atoms with Gasteiger partial charge in [-0.05, 0) is 92.9 Å². The smallest absolute Gasteiger partial charge is 0.405 e. The highest BCUT2D eigenvalue weighted by Gasteiger charge is 2.38. The standard InChI is InChI=1S/C36H40F3N5O6S.C11H14O2S/c37-36(38,39)22-41-35(48)29-20-43(19-25-10-11-32(50-25)28-8-3-4-12-40-28)13-14-44(29)18-24(45)16-23(17-26-6-5-15-51-26)34(47)42-33-27-7-1-2-9-31(27)49-21-30(33)46;1-11(2,3)13-10(12)7-6-9-5-4-8-14-9/h1-12,15,23-24,29-30,33,45-46H,13-14,16-22H2,(H,41,48)(H,42,47);4-8H,1-3H3/b;7-6+/t23-,24-,29-,30+,33-;/m0./s1. The van der Waals surface area contributed by atoms with Crippen molar-refractivity contribution in [2.75, 3.05) is 39.3 Å². The van der Waals surface area contributed by atoms with Crippen molar-refractivity contribution in [2.45, 2.75) is 76.2 Å². The Kier molecular flexibility index (Phi) is 17.1. The number of alkyl halides is 3. The average molecular weight is 938 g/mol. The van der Waals surface area contributed by atoms with Gasteiger partial charge in [-0.2, -0.15) is 13.2 Å². The lowest BCUT2D eigenvalue weighted by Crippen LogP contribution is -2.60. The van der Waals surface area contributed by atoms with Crippen LogP contribution in [-0.2, 0) is 32.1 Å². The number of nitrogens with one attached hydrogen (secondary N) is 2. The summed E-state index contributed by atoms with van der Waals surface area (Å²) in [5.41, 5.74) is 0.886. The van der Waals surface area contributed by atoms with Gasteiger partial charge in [-0.25, -0.2) is 4.79 Å². The summed E-state index contributed by atoms with van der Waals surface area (Å²) in [6.07, 6.45) is -1.45. The maximum absolute atomic E-state index is 13.8. The second-order valence-electron chi connectivity index (χ2n) is 16.7. The number of hydrogen-bond donors (Lipinski definition) is 4. The van der Waals surface area contributed by atoms with Crippen LogP contribution >= 0.6 is 22.7 Å². The van der Waals surface area contributed by atoms with Gasteiger partial charge in [0.15, 0.2) is 5.76 Å². The number of halogens is 3. The van der Waals surface area contributed by atoms with Crippen LogP contribution < -0.4 is 15.4 Å². The number of aromatic nitrogens is 1. The molecule has 18 heteroatoms. The zero-order chi connectivity index (χ0) is 46.6. The second kappa shape index (κ2) is 22.7. The highest BCUT2D eigenvalue weighted by molar-refractivity contribution is 7.10. The fraction of sp³-hybridized carbons (Fsp3) is 0.404. The first-order valence-electron chi connectivity index (χ1n) is 21.2. The van der Waals surface area contributed by atoms with E-state index in [4.69, 9.17) is 13.9 Å². The van der Waals surface area contributed by atoms with E-state index < -0.39 is 54.4 Å². The first-order valence-corrected chi connectivity index (χ1v) is 22.9. The third-order valence-electron chi connectivity index (χ3n) is 10.4. The number of furan rings is 1. The van der Waals surface area contributed by atoms with Crippen molar-refractivity contribution in [3.05, 3.63) is 123 Å². The number of aliphatic hydroxyl groups is 2. The van der Waals surface area contributed by atoms with Crippen molar-refractivity contribution < 1.29 is 51.7 Å². The predicted octanol–water partition coefficient (Wildman–Crippen LogP) is 6.89. The Morgan fingerprint density at radius 3 is 2.46 bits per heavy atom. The predicted molar refractivity (Wildman–Crippen MR) is 242 cm³/mol. The molecule has 348 valence electrons. The lowest BCUT2D eigenvalue weighted by atomic mass is 9.93. The third kappa shape index (κ3) is 15.4. The molecule has 7 rings (SSSR count). The van der Waals surface area contributed by atoms with Crippen molar-refractivity contribution >= 4 is 46.5 Å². The van der Waals surface area contributed by atoms with Crippen LogP contribution in [-0.4, -0.2) is 112 Å². The van der Waals surface area contributed by atoms with E-state index in [0.717, 1.165) is 9.75 Å². The Morgan fingerprint density at radius 1 is 0.985 bits per heavy atom. The Hall–Kier alpha value is -5.37. The molecule has 1 saturated heterocycles. The van der Waals surface area contributed by atoms with Gasteiger partial charge in [-0.1, -0.05) is 36.4 Å². The van der Waals surface area contributed by atoms with Gasteiger partial charge in [0.05, 0.1) is 18.7 Å². The number of ether oxygens (including phenoxy) is 2. The summed E-state index contributed by atoms with van der Waals surface area (Å²) in [5, 5.41) is 31.0. The fourth-order valence-corrected chi connectivity index (χ4v) is 8.82. The quantitative estimate of drug-likeness (QED) is 0.0638. The number of β-amino-alcohol motifs (C(OH)–C–C–N with tert-alkyl or cyclic N) is 1. The molecule has 1 aromatic carbocycles. The first-order chi connectivity index (χ1) is 31.0. The number of aliphatic hydroxyl groups excluding tert-OH is 2. The van der Waals surface area contributed by atoms with Gasteiger partial charge in [-0.3, -0.25) is 24.4 Å². The summed E-state index contributed by atoms with van der Waals surface area (Å²) >= 11 is 3.06. The molecule has 4 N–H and O–H groups in total. The topological polar surface area (TPSA) is 167 Å². The van der Waals surface area contributed by atoms with E-state index in [1.807, 2.05) is 78.1 Å². The Balaban J connectivity index is 0.000000427. The SMILES string of the molecule is CC(C)(C)OC(=O)/C=C/c1cccs1.O=C(N[C@H]1c2ccccc2OC[C@H]1O)[C@H](Cc1cccs1)C[C@H](O)CN1CCN(Cc2ccc(-c3ccccn3)o2)C[C@H]1C(=O)NCC(F)(F)F. The number of thiophene rings is 2. The molecule has 0 bridgehead atoms. The molecule has 2 aliphatic rings. The molecule has 2 amide bonds. The number of benzene rings is 1. The minimum Gasteiger partial charge on any atom is -0.490 e. The van der Waals surface area contributed by atoms with Crippen molar-refractivity contribution in [1.29, 1.82) is 0 Å². The number of para-hydroxylation sites is 1. The lowest BCUT2D eigenvalue weighted by molar-refractivity contribution is -0.148. The van der Waals surface area contributed by atoms with E-state index in [1.54, 1.807) is 71.0 Å². The van der Waals surface area contributed by atoms with Gasteiger partial charge in [0, 0.05) is 59.7 Å². The van der Waals surface area contributed by atoms with Crippen molar-refractivity contribution in [2.24, 2.45) is 5.92 Å². The maximum Gasteiger partial charge on any atom is 0.405 e. The normalized spacial score (nSPS) is 19.0. The Labute approximate surface area is 383 Å². The number of amides is 2. The molecule has 4 aromatic heterocycles. The largest absolute Gasteiger partial charge is 0.490 e. The molecule has 2 aliphatic heterocycles. The number of esters is 1. The molecule has 5 aromatic rings. The number of rotatable bonds is 15. The summed E-state index contributed by atoms with van der Waals surface area (Å²) in [6.45, 7) is 5.19. The molecule has 5 atom stereocenters. The van der Waals surface area contributed by atoms with E-state index in [-0.39, 0.29) is 44.5 Å². The minimum atomic E-state index is -4.59. The van der Waals surface area contributed by atoms with E-state index in [2.05, 4.69) is 10.3 Å². The zero-order valence-corrected chi connectivity index (χ0v) is 37.9. The first kappa shape index (κ1) is 49.1. The summed E-state index contributed by atoms with van der Waals surface area (Å²) in [5.74, 6) is -0.425. The van der Waals surface area contributed by atoms with Gasteiger partial charge >= 0.3 is 12.1 Å². The third-order valence-corrected chi connectivity index (χ3v) is 12.1. The van der Waals surface area contributed by atoms with Crippen LogP contribution in [0.2, 0.25) is 0 Å². The molecular formula is C47H54F3N5O8S2. The Bertz CT molecular complexity index is 2300. The number of nitrogens with zero attached hydrogens (tertiary/aromatic N) is 3. The van der Waals surface area contributed by atoms with Gasteiger partial charge in [-0.15, -0.1) is 22.7 Å². The number of hydrogen-bond acceptors (Lipinski definition) is 13. The van der Waals surface area contributed by atoms with Crippen LogP contribution in [0, 0.1) is 5.92 Å². The molecule has 0 spiro atoms. The minimum absolute atomic E-state index is 0.00919. The van der Waals surface area contributed by atoms with Gasteiger partial charge in [0.2, 0.25) is 11.8 Å². The Morgan fingerprint density at radius 2 is 1.75 bits per heavy atom. The molecule has 0 aliphatic carbocycles. The van der Waals surface area contributed by atoms with E-state index in [9.17, 15) is 37.8 Å². The average Bonchev–Trinajstić information content (AvgIpc) is 4.08. The van der Waals surface area contributed by atoms with Crippen molar-refractivity contribution in [1.82, 2.24) is 25.4 Å². The molecule has 65 heavy (non-hydrogen) atoms. The summed E-state index contributed by atoms with van der Waals surface area (Å²) < 4.78 is 56.0. The number of pyridine rings is 1. The number of piperazine rings is 1. The lowest BCUT2D eigenvalue weighted by Gasteiger charge is -2.41. The van der Waals surface area contributed by atoms with E-state index in [1.165, 1.54) is 17.4 Å². The van der Waals surface area contributed by atoms with Gasteiger partial charge in [0.1, 0.15) is 48.1 Å². The monoisotopic (exact) mass is 937 g/mol. The van der Waals surface area contributed by atoms with E-state index in [0.29, 0.717) is 48.0 Å². The molecule has 6 heterocycles. The van der Waals surface area contributed by atoms with Crippen molar-refractivity contribution in [3.8, 4) is 17.2 Å². The highest BCUT2D eigenvalue weighted by atomic mass is 32.1. The zero-order valence-electron chi connectivity index (χ0n) is 36.3. The number of carbonyl (C=O) groups is 3. The van der Waals surface area contributed by atoms with Crippen LogP contribution in [0.25, 0.3) is 17.5 Å². The van der Waals surface area contributed by atoms with Crippen LogP contribution in [0.5, 0.6) is 5.75 Å². The fourth-order valence-electron chi connectivity index (χ4n) is 7.42. The van der Waals surface area contributed by atoms with Crippen LogP contribution in [0.1, 0.15) is 54.3 Å². The summed E-state index contributed by atoms with van der Waals surface area (Å²) in [6, 6.07) is 22.1. The summed E-state index contributed by atoms with van der Waals surface area (Å²) in [4.78, 5) is 48.2. The second-order valence-corrected chi connectivity index (χ2v) is 18.7. The van der Waals surface area contributed by atoms with E-state index >= 15 is 0 Å². The highest BCUT2D eigenvalue weighted by Crippen LogP contribution is 2.33. The van der Waals surface area contributed by atoms with Crippen molar-refractivity contribution in [3.63, 3.8) is 0 Å². The van der Waals surface area contributed by atoms with Gasteiger partial charge < -0.3 is 34.7 Å². The van der Waals surface area contributed by atoms with Crippen LogP contribution in [0.15, 0.2) is 106 Å². The number of fused-ring (bicyclic) bond motifs is 1.